The lowest BCUT2D eigenvalue weighted by atomic mass is 9.91. The minimum absolute atomic E-state index is 0.0192. The van der Waals surface area contributed by atoms with Gasteiger partial charge in [-0.15, -0.1) is 0 Å². The molecule has 1 unspecified atom stereocenters. The van der Waals surface area contributed by atoms with Gasteiger partial charge in [0.2, 0.25) is 0 Å². The average Bonchev–Trinajstić information content (AvgIpc) is 2.17. The number of nitrogens with two attached hydrogens (primary N) is 1. The van der Waals surface area contributed by atoms with Gasteiger partial charge in [-0.1, -0.05) is 0 Å². The summed E-state index contributed by atoms with van der Waals surface area (Å²) >= 11 is 0. The van der Waals surface area contributed by atoms with Crippen molar-refractivity contribution in [2.45, 2.75) is 18.9 Å². The number of carbonyl (C=O) groups is 1. The summed E-state index contributed by atoms with van der Waals surface area (Å²) in [5.41, 5.74) is 5.37. The van der Waals surface area contributed by atoms with Crippen LogP contribution in [-0.4, -0.2) is 18.1 Å². The van der Waals surface area contributed by atoms with Crippen molar-refractivity contribution in [3.8, 4) is 0 Å². The lowest BCUT2D eigenvalue weighted by Crippen LogP contribution is -2.36. The van der Waals surface area contributed by atoms with Crippen LogP contribution in [0.3, 0.4) is 0 Å². The highest BCUT2D eigenvalue weighted by Gasteiger charge is 2.26. The summed E-state index contributed by atoms with van der Waals surface area (Å²) in [4.78, 5) is 14.7. The first-order valence-corrected chi connectivity index (χ1v) is 4.42. The Kier molecular flexibility index (Phi) is 3.36. The van der Waals surface area contributed by atoms with E-state index >= 15 is 0 Å². The maximum atomic E-state index is 12.9. The first kappa shape index (κ1) is 11.6. The van der Waals surface area contributed by atoms with Gasteiger partial charge in [-0.2, -0.15) is 0 Å². The largest absolute Gasteiger partial charge is 0.469 e. The molecule has 0 saturated heterocycles. The number of hydrogen-bond acceptors (Lipinski definition) is 4. The Hall–Kier alpha value is -1.49. The van der Waals surface area contributed by atoms with Crippen LogP contribution < -0.4 is 5.73 Å². The summed E-state index contributed by atoms with van der Waals surface area (Å²) in [6, 6.07) is 1.26. The lowest BCUT2D eigenvalue weighted by molar-refractivity contribution is -0.141. The van der Waals surface area contributed by atoms with Crippen molar-refractivity contribution in [2.24, 2.45) is 5.73 Å². The van der Waals surface area contributed by atoms with E-state index in [1.165, 1.54) is 19.4 Å². The smallest absolute Gasteiger partial charge is 0.307 e. The molecule has 5 heteroatoms. The zero-order chi connectivity index (χ0) is 11.5. The molecular formula is C10H13FN2O2. The van der Waals surface area contributed by atoms with Crippen LogP contribution in [0.15, 0.2) is 18.5 Å². The van der Waals surface area contributed by atoms with Gasteiger partial charge in [0.1, 0.15) is 5.82 Å². The molecule has 0 aliphatic rings. The van der Waals surface area contributed by atoms with Gasteiger partial charge in [-0.05, 0) is 18.6 Å². The Morgan fingerprint density at radius 2 is 2.33 bits per heavy atom. The molecule has 4 nitrogen and oxygen atoms in total. The number of hydrogen-bond donors (Lipinski definition) is 1. The number of aromatic nitrogens is 1. The Morgan fingerprint density at radius 1 is 1.67 bits per heavy atom. The lowest BCUT2D eigenvalue weighted by Gasteiger charge is -2.23. The topological polar surface area (TPSA) is 65.2 Å². The number of rotatable bonds is 3. The van der Waals surface area contributed by atoms with Crippen molar-refractivity contribution in [1.82, 2.24) is 4.98 Å². The molecule has 1 atom stereocenters. The van der Waals surface area contributed by atoms with Crippen LogP contribution >= 0.6 is 0 Å². The summed E-state index contributed by atoms with van der Waals surface area (Å²) in [5.74, 6) is -0.918. The van der Waals surface area contributed by atoms with Crippen LogP contribution in [0.1, 0.15) is 18.9 Å². The van der Waals surface area contributed by atoms with Crippen molar-refractivity contribution in [2.75, 3.05) is 7.11 Å². The van der Waals surface area contributed by atoms with E-state index in [-0.39, 0.29) is 6.42 Å². The molecule has 0 bridgehead atoms. The maximum absolute atomic E-state index is 12.9. The zero-order valence-electron chi connectivity index (χ0n) is 8.66. The molecule has 15 heavy (non-hydrogen) atoms. The van der Waals surface area contributed by atoms with Gasteiger partial charge < -0.3 is 10.5 Å². The second-order valence-electron chi connectivity index (χ2n) is 3.56. The third-order valence-electron chi connectivity index (χ3n) is 2.10. The zero-order valence-corrected chi connectivity index (χ0v) is 8.66. The number of carbonyl (C=O) groups excluding carboxylic acids is 1. The summed E-state index contributed by atoms with van der Waals surface area (Å²) in [6.45, 7) is 1.63. The summed E-state index contributed by atoms with van der Waals surface area (Å²) in [7, 11) is 1.28. The fraction of sp³-hybridized carbons (Fsp3) is 0.400. The highest BCUT2D eigenvalue weighted by molar-refractivity contribution is 5.71. The van der Waals surface area contributed by atoms with E-state index in [0.29, 0.717) is 5.56 Å². The van der Waals surface area contributed by atoms with Gasteiger partial charge in [-0.3, -0.25) is 9.78 Å². The Morgan fingerprint density at radius 3 is 2.87 bits per heavy atom. The number of nitrogens with zero attached hydrogens (tertiary/aromatic N) is 1. The first-order chi connectivity index (χ1) is 6.95. The number of esters is 1. The number of halogens is 1. The minimum Gasteiger partial charge on any atom is -0.469 e. The molecule has 1 aromatic heterocycles. The van der Waals surface area contributed by atoms with Crippen molar-refractivity contribution in [1.29, 1.82) is 0 Å². The SMILES string of the molecule is COC(=O)CC(C)(N)c1cncc(F)c1. The molecule has 0 radical (unpaired) electrons. The van der Waals surface area contributed by atoms with Crippen molar-refractivity contribution in [3.63, 3.8) is 0 Å². The van der Waals surface area contributed by atoms with E-state index in [4.69, 9.17) is 5.73 Å². The first-order valence-electron chi connectivity index (χ1n) is 4.42. The molecule has 2 N–H and O–H groups in total. The van der Waals surface area contributed by atoms with E-state index in [1.807, 2.05) is 0 Å². The van der Waals surface area contributed by atoms with Gasteiger partial charge in [0.25, 0.3) is 0 Å². The molecule has 0 aromatic carbocycles. The molecule has 1 heterocycles. The van der Waals surface area contributed by atoms with Crippen LogP contribution in [0, 0.1) is 5.82 Å². The Bertz CT molecular complexity index is 366. The predicted octanol–water partition coefficient (Wildman–Crippen LogP) is 0.958. The maximum Gasteiger partial charge on any atom is 0.307 e. The average molecular weight is 212 g/mol. The third kappa shape index (κ3) is 2.99. The van der Waals surface area contributed by atoms with Crippen LogP contribution in [0.4, 0.5) is 4.39 Å². The fourth-order valence-electron chi connectivity index (χ4n) is 1.20. The summed E-state index contributed by atoms with van der Waals surface area (Å²) in [6.07, 6.45) is 2.50. The molecule has 82 valence electrons. The van der Waals surface area contributed by atoms with Gasteiger partial charge in [0.15, 0.2) is 0 Å². The normalized spacial score (nSPS) is 14.4. The van der Waals surface area contributed by atoms with E-state index in [9.17, 15) is 9.18 Å². The van der Waals surface area contributed by atoms with Crippen LogP contribution in [0.2, 0.25) is 0 Å². The third-order valence-corrected chi connectivity index (χ3v) is 2.10. The quantitative estimate of drug-likeness (QED) is 0.758. The molecule has 0 amide bonds. The van der Waals surface area contributed by atoms with Gasteiger partial charge in [0.05, 0.1) is 25.3 Å². The highest BCUT2D eigenvalue weighted by Crippen LogP contribution is 2.21. The van der Waals surface area contributed by atoms with Gasteiger partial charge in [-0.25, -0.2) is 4.39 Å². The monoisotopic (exact) mass is 212 g/mol. The minimum atomic E-state index is -0.970. The number of ether oxygens (including phenoxy) is 1. The molecule has 0 aliphatic carbocycles. The van der Waals surface area contributed by atoms with Crippen molar-refractivity contribution >= 4 is 5.97 Å². The van der Waals surface area contributed by atoms with Crippen LogP contribution in [-0.2, 0) is 15.1 Å². The molecule has 1 rings (SSSR count). The second-order valence-corrected chi connectivity index (χ2v) is 3.56. The van der Waals surface area contributed by atoms with E-state index in [0.717, 1.165) is 6.20 Å². The Labute approximate surface area is 87.3 Å². The summed E-state index contributed by atoms with van der Waals surface area (Å²) < 4.78 is 17.4. The molecular weight excluding hydrogens is 199 g/mol. The number of pyridine rings is 1. The van der Waals surface area contributed by atoms with Crippen LogP contribution in [0.25, 0.3) is 0 Å². The molecule has 0 saturated carbocycles. The van der Waals surface area contributed by atoms with E-state index in [1.54, 1.807) is 6.92 Å². The van der Waals surface area contributed by atoms with Gasteiger partial charge >= 0.3 is 5.97 Å². The predicted molar refractivity (Wildman–Crippen MR) is 52.4 cm³/mol. The molecule has 1 aromatic rings. The Balaban J connectivity index is 2.90. The van der Waals surface area contributed by atoms with Crippen molar-refractivity contribution < 1.29 is 13.9 Å². The van der Waals surface area contributed by atoms with Gasteiger partial charge in [0, 0.05) is 6.20 Å². The van der Waals surface area contributed by atoms with E-state index < -0.39 is 17.3 Å². The van der Waals surface area contributed by atoms with E-state index in [2.05, 4.69) is 9.72 Å². The molecule has 0 spiro atoms. The molecule has 0 fully saturated rings. The summed E-state index contributed by atoms with van der Waals surface area (Å²) in [5, 5.41) is 0. The fourth-order valence-corrected chi connectivity index (χ4v) is 1.20. The molecule has 0 aliphatic heterocycles. The highest BCUT2D eigenvalue weighted by atomic mass is 19.1. The number of methoxy groups -OCH3 is 1. The van der Waals surface area contributed by atoms with Crippen LogP contribution in [0.5, 0.6) is 0 Å². The van der Waals surface area contributed by atoms with Crippen molar-refractivity contribution in [3.05, 3.63) is 29.8 Å². The second kappa shape index (κ2) is 4.35. The standard InChI is InChI=1S/C10H13FN2O2/c1-10(12,4-9(14)15-2)7-3-8(11)6-13-5-7/h3,5-6H,4,12H2,1-2H3.